The van der Waals surface area contributed by atoms with Crippen molar-refractivity contribution in [2.75, 3.05) is 31.2 Å². The van der Waals surface area contributed by atoms with Crippen molar-refractivity contribution in [3.05, 3.63) is 18.2 Å². The number of urea groups is 1. The monoisotopic (exact) mass is 347 g/mol. The Balaban J connectivity index is 1.54. The molecule has 1 saturated heterocycles. The molecule has 2 aliphatic heterocycles. The summed E-state index contributed by atoms with van der Waals surface area (Å²) in [6.45, 7) is 4.28. The van der Waals surface area contributed by atoms with Crippen molar-refractivity contribution < 1.29 is 19.1 Å². The molecule has 25 heavy (non-hydrogen) atoms. The highest BCUT2D eigenvalue weighted by molar-refractivity contribution is 5.97. The van der Waals surface area contributed by atoms with Crippen molar-refractivity contribution in [3.63, 3.8) is 0 Å². The van der Waals surface area contributed by atoms with Crippen LogP contribution in [0.2, 0.25) is 0 Å². The lowest BCUT2D eigenvalue weighted by Gasteiger charge is -2.22. The zero-order valence-corrected chi connectivity index (χ0v) is 14.5. The maximum atomic E-state index is 12.3. The first-order chi connectivity index (χ1) is 12.2. The molecule has 0 spiro atoms. The van der Waals surface area contributed by atoms with Crippen LogP contribution >= 0.6 is 0 Å². The van der Waals surface area contributed by atoms with Crippen LogP contribution in [-0.2, 0) is 4.79 Å². The number of ether oxygens (including phenoxy) is 2. The number of carbonyl (C=O) groups is 2. The Kier molecular flexibility index (Phi) is 5.63. The summed E-state index contributed by atoms with van der Waals surface area (Å²) in [4.78, 5) is 25.9. The second kappa shape index (κ2) is 8.09. The van der Waals surface area contributed by atoms with Gasteiger partial charge in [0.1, 0.15) is 13.2 Å². The summed E-state index contributed by atoms with van der Waals surface area (Å²) in [7, 11) is 0. The lowest BCUT2D eigenvalue weighted by atomic mass is 10.2. The van der Waals surface area contributed by atoms with E-state index in [-0.39, 0.29) is 18.0 Å². The lowest BCUT2D eigenvalue weighted by molar-refractivity contribution is -0.117. The molecule has 0 bridgehead atoms. The Morgan fingerprint density at radius 3 is 2.84 bits per heavy atom. The smallest absolute Gasteiger partial charge is 0.315 e. The van der Waals surface area contributed by atoms with E-state index in [4.69, 9.17) is 9.47 Å². The van der Waals surface area contributed by atoms with E-state index >= 15 is 0 Å². The molecule has 2 N–H and O–H groups in total. The summed E-state index contributed by atoms with van der Waals surface area (Å²) in [6.07, 6.45) is 3.48. The summed E-state index contributed by atoms with van der Waals surface area (Å²) in [5.41, 5.74) is 0.766. The second-order valence-electron chi connectivity index (χ2n) is 6.34. The number of rotatable bonds is 6. The second-order valence-corrected chi connectivity index (χ2v) is 6.34. The minimum atomic E-state index is -0.210. The van der Waals surface area contributed by atoms with Gasteiger partial charge in [0, 0.05) is 31.3 Å². The van der Waals surface area contributed by atoms with Crippen molar-refractivity contribution in [1.29, 1.82) is 0 Å². The zero-order valence-electron chi connectivity index (χ0n) is 14.5. The molecule has 1 atom stereocenters. The molecule has 1 unspecified atom stereocenters. The Hall–Kier alpha value is -2.44. The molecule has 136 valence electrons. The quantitative estimate of drug-likeness (QED) is 0.772. The van der Waals surface area contributed by atoms with Crippen LogP contribution in [0.25, 0.3) is 0 Å². The Morgan fingerprint density at radius 2 is 2.04 bits per heavy atom. The largest absolute Gasteiger partial charge is 0.486 e. The third-order valence-electron chi connectivity index (χ3n) is 4.36. The average molecular weight is 347 g/mol. The predicted molar refractivity (Wildman–Crippen MR) is 94.2 cm³/mol. The van der Waals surface area contributed by atoms with Crippen molar-refractivity contribution in [2.24, 2.45) is 0 Å². The van der Waals surface area contributed by atoms with Crippen molar-refractivity contribution in [2.45, 2.75) is 38.6 Å². The summed E-state index contributed by atoms with van der Waals surface area (Å²) in [5, 5.41) is 5.72. The highest BCUT2D eigenvalue weighted by atomic mass is 16.6. The van der Waals surface area contributed by atoms with Crippen LogP contribution in [0.4, 0.5) is 10.5 Å². The number of benzene rings is 1. The first kappa shape index (κ1) is 17.4. The van der Waals surface area contributed by atoms with E-state index in [0.29, 0.717) is 44.2 Å². The topological polar surface area (TPSA) is 79.9 Å². The molecule has 0 aliphatic carbocycles. The average Bonchev–Trinajstić information content (AvgIpc) is 2.98. The Labute approximate surface area is 147 Å². The van der Waals surface area contributed by atoms with Crippen molar-refractivity contribution in [1.82, 2.24) is 10.6 Å². The van der Waals surface area contributed by atoms with Crippen LogP contribution in [0.3, 0.4) is 0 Å². The minimum absolute atomic E-state index is 0.00652. The normalized spacial score (nSPS) is 19.0. The Morgan fingerprint density at radius 1 is 1.24 bits per heavy atom. The SMILES string of the molecule is CCCCCNC(=O)NC1CC(=O)N(c2ccc3c(c2)OCCO3)C1. The highest BCUT2D eigenvalue weighted by Crippen LogP contribution is 2.35. The molecule has 7 nitrogen and oxygen atoms in total. The number of amides is 3. The lowest BCUT2D eigenvalue weighted by Crippen LogP contribution is -2.43. The van der Waals surface area contributed by atoms with Gasteiger partial charge in [-0.3, -0.25) is 4.79 Å². The molecular formula is C18H25N3O4. The van der Waals surface area contributed by atoms with Crippen LogP contribution < -0.4 is 25.0 Å². The van der Waals surface area contributed by atoms with E-state index in [1.54, 1.807) is 4.90 Å². The van der Waals surface area contributed by atoms with E-state index in [9.17, 15) is 9.59 Å². The van der Waals surface area contributed by atoms with Crippen LogP contribution in [0, 0.1) is 0 Å². The van der Waals surface area contributed by atoms with Crippen molar-refractivity contribution in [3.8, 4) is 11.5 Å². The number of anilines is 1. The van der Waals surface area contributed by atoms with Crippen molar-refractivity contribution >= 4 is 17.6 Å². The number of nitrogens with one attached hydrogen (secondary N) is 2. The van der Waals surface area contributed by atoms with Crippen LogP contribution in [0.1, 0.15) is 32.6 Å². The number of unbranched alkanes of at least 4 members (excludes halogenated alkanes) is 2. The van der Waals surface area contributed by atoms with Gasteiger partial charge in [0.25, 0.3) is 0 Å². The van der Waals surface area contributed by atoms with Gasteiger partial charge in [-0.1, -0.05) is 19.8 Å². The maximum absolute atomic E-state index is 12.3. The van der Waals surface area contributed by atoms with Gasteiger partial charge in [-0.15, -0.1) is 0 Å². The predicted octanol–water partition coefficient (Wildman–Crippen LogP) is 2.05. The number of nitrogens with zero attached hydrogens (tertiary/aromatic N) is 1. The van der Waals surface area contributed by atoms with Gasteiger partial charge < -0.3 is 25.0 Å². The highest BCUT2D eigenvalue weighted by Gasteiger charge is 2.32. The van der Waals surface area contributed by atoms with Gasteiger partial charge in [0.15, 0.2) is 11.5 Å². The number of hydrogen-bond acceptors (Lipinski definition) is 4. The van der Waals surface area contributed by atoms with Gasteiger partial charge in [0.05, 0.1) is 6.04 Å². The molecule has 2 aliphatic rings. The Bertz CT molecular complexity index is 635. The fraction of sp³-hybridized carbons (Fsp3) is 0.556. The number of hydrogen-bond donors (Lipinski definition) is 2. The maximum Gasteiger partial charge on any atom is 0.315 e. The first-order valence-electron chi connectivity index (χ1n) is 8.91. The van der Waals surface area contributed by atoms with Crippen LogP contribution in [0.15, 0.2) is 18.2 Å². The molecular weight excluding hydrogens is 322 g/mol. The van der Waals surface area contributed by atoms with E-state index in [0.717, 1.165) is 24.9 Å². The molecule has 1 fully saturated rings. The third-order valence-corrected chi connectivity index (χ3v) is 4.36. The van der Waals surface area contributed by atoms with Gasteiger partial charge in [-0.25, -0.2) is 4.79 Å². The van der Waals surface area contributed by atoms with E-state index in [1.807, 2.05) is 18.2 Å². The summed E-state index contributed by atoms with van der Waals surface area (Å²) < 4.78 is 11.1. The third kappa shape index (κ3) is 4.35. The molecule has 0 saturated carbocycles. The van der Waals surface area contributed by atoms with Gasteiger partial charge in [0.2, 0.25) is 5.91 Å². The molecule has 2 heterocycles. The van der Waals surface area contributed by atoms with Crippen LogP contribution in [-0.4, -0.2) is 44.3 Å². The summed E-state index contributed by atoms with van der Waals surface area (Å²) in [6, 6.07) is 5.08. The molecule has 0 aromatic heterocycles. The molecule has 1 aromatic rings. The summed E-state index contributed by atoms with van der Waals surface area (Å²) >= 11 is 0. The van der Waals surface area contributed by atoms with Gasteiger partial charge in [-0.05, 0) is 18.6 Å². The standard InChI is InChI=1S/C18H25N3O4/c1-2-3-4-7-19-18(23)20-13-10-17(22)21(12-13)14-5-6-15-16(11-14)25-9-8-24-15/h5-6,11,13H,2-4,7-10,12H2,1H3,(H2,19,20,23). The number of fused-ring (bicyclic) bond motifs is 1. The number of carbonyl (C=O) groups excluding carboxylic acids is 2. The molecule has 3 amide bonds. The molecule has 0 radical (unpaired) electrons. The molecule has 7 heteroatoms. The summed E-state index contributed by atoms with van der Waals surface area (Å²) in [5.74, 6) is 1.34. The van der Waals surface area contributed by atoms with Gasteiger partial charge in [-0.2, -0.15) is 0 Å². The van der Waals surface area contributed by atoms with Gasteiger partial charge >= 0.3 is 6.03 Å². The molecule has 3 rings (SSSR count). The molecule has 1 aromatic carbocycles. The van der Waals surface area contributed by atoms with E-state index < -0.39 is 0 Å². The zero-order chi connectivity index (χ0) is 17.6. The fourth-order valence-electron chi connectivity index (χ4n) is 3.07. The first-order valence-corrected chi connectivity index (χ1v) is 8.91. The van der Waals surface area contributed by atoms with E-state index in [2.05, 4.69) is 17.6 Å². The van der Waals surface area contributed by atoms with E-state index in [1.165, 1.54) is 0 Å². The minimum Gasteiger partial charge on any atom is -0.486 e. The fourth-order valence-corrected chi connectivity index (χ4v) is 3.07. The van der Waals surface area contributed by atoms with Crippen LogP contribution in [0.5, 0.6) is 11.5 Å².